The monoisotopic (exact) mass is 241 g/mol. The molecule has 0 aliphatic heterocycles. The van der Waals surface area contributed by atoms with Gasteiger partial charge >= 0.3 is 0 Å². The number of aromatic nitrogens is 2. The van der Waals surface area contributed by atoms with Crippen LogP contribution in [0.5, 0.6) is 0 Å². The number of rotatable bonds is 1. The highest BCUT2D eigenvalue weighted by atomic mass is 14.9. The van der Waals surface area contributed by atoms with Crippen molar-refractivity contribution in [2.24, 2.45) is 0 Å². The third-order valence-electron chi connectivity index (χ3n) is 3.25. The van der Waals surface area contributed by atoms with Crippen molar-refractivity contribution in [2.45, 2.75) is 34.6 Å². The highest BCUT2D eigenvalue weighted by Gasteiger charge is 2.13. The van der Waals surface area contributed by atoms with Gasteiger partial charge in [-0.05, 0) is 45.7 Å². The number of nitrogen functional groups attached to an aromatic ring is 1. The number of aryl methyl sites for hydroxylation is 5. The average Bonchev–Trinajstić information content (AvgIpc) is 2.24. The molecule has 0 saturated carbocycles. The van der Waals surface area contributed by atoms with Gasteiger partial charge in [0, 0.05) is 5.56 Å². The molecule has 0 saturated heterocycles. The zero-order chi connectivity index (χ0) is 13.4. The first-order valence-corrected chi connectivity index (χ1v) is 6.09. The predicted molar refractivity (Wildman–Crippen MR) is 75.6 cm³/mol. The molecular weight excluding hydrogens is 222 g/mol. The summed E-state index contributed by atoms with van der Waals surface area (Å²) in [4.78, 5) is 8.98. The minimum Gasteiger partial charge on any atom is -0.382 e. The number of hydrogen-bond donors (Lipinski definition) is 1. The Hall–Kier alpha value is -1.90. The minimum atomic E-state index is 0.508. The van der Waals surface area contributed by atoms with Gasteiger partial charge in [-0.25, -0.2) is 9.97 Å². The SMILES string of the molecule is Cc1cc(C)c(-c2nc(C)c(C)nc2N)c(C)c1. The van der Waals surface area contributed by atoms with Gasteiger partial charge in [-0.2, -0.15) is 0 Å². The number of anilines is 1. The molecule has 0 atom stereocenters. The average molecular weight is 241 g/mol. The van der Waals surface area contributed by atoms with Crippen LogP contribution in [0.1, 0.15) is 28.1 Å². The maximum Gasteiger partial charge on any atom is 0.150 e. The van der Waals surface area contributed by atoms with Gasteiger partial charge < -0.3 is 5.73 Å². The van der Waals surface area contributed by atoms with Crippen LogP contribution in [-0.4, -0.2) is 9.97 Å². The van der Waals surface area contributed by atoms with Crippen molar-refractivity contribution < 1.29 is 0 Å². The Bertz CT molecular complexity index is 592. The van der Waals surface area contributed by atoms with Crippen LogP contribution in [0.15, 0.2) is 12.1 Å². The summed E-state index contributed by atoms with van der Waals surface area (Å²) in [6.07, 6.45) is 0. The second-order valence-corrected chi connectivity index (χ2v) is 4.90. The van der Waals surface area contributed by atoms with Crippen LogP contribution in [0.3, 0.4) is 0 Å². The summed E-state index contributed by atoms with van der Waals surface area (Å²) in [6, 6.07) is 4.30. The van der Waals surface area contributed by atoms with E-state index in [-0.39, 0.29) is 0 Å². The van der Waals surface area contributed by atoms with Crippen LogP contribution in [-0.2, 0) is 0 Å². The smallest absolute Gasteiger partial charge is 0.150 e. The van der Waals surface area contributed by atoms with Gasteiger partial charge in [0.05, 0.1) is 11.4 Å². The summed E-state index contributed by atoms with van der Waals surface area (Å²) >= 11 is 0. The highest BCUT2D eigenvalue weighted by molar-refractivity contribution is 5.76. The number of benzene rings is 1. The minimum absolute atomic E-state index is 0.508. The molecule has 0 bridgehead atoms. The quantitative estimate of drug-likeness (QED) is 0.833. The molecule has 0 aliphatic carbocycles. The molecule has 0 unspecified atom stereocenters. The van der Waals surface area contributed by atoms with E-state index in [9.17, 15) is 0 Å². The molecule has 0 spiro atoms. The maximum atomic E-state index is 6.02. The lowest BCUT2D eigenvalue weighted by atomic mass is 9.97. The summed E-state index contributed by atoms with van der Waals surface area (Å²) in [5.41, 5.74) is 13.4. The Balaban J connectivity index is 2.73. The molecule has 2 N–H and O–H groups in total. The Morgan fingerprint density at radius 1 is 0.833 bits per heavy atom. The van der Waals surface area contributed by atoms with E-state index < -0.39 is 0 Å². The van der Waals surface area contributed by atoms with Crippen LogP contribution < -0.4 is 5.73 Å². The van der Waals surface area contributed by atoms with Crippen LogP contribution in [0.25, 0.3) is 11.3 Å². The largest absolute Gasteiger partial charge is 0.382 e. The van der Waals surface area contributed by atoms with Crippen LogP contribution >= 0.6 is 0 Å². The highest BCUT2D eigenvalue weighted by Crippen LogP contribution is 2.30. The molecule has 2 rings (SSSR count). The maximum absolute atomic E-state index is 6.02. The van der Waals surface area contributed by atoms with Gasteiger partial charge in [-0.3, -0.25) is 0 Å². The van der Waals surface area contributed by atoms with E-state index in [1.807, 2.05) is 13.8 Å². The third kappa shape index (κ3) is 2.08. The van der Waals surface area contributed by atoms with Gasteiger partial charge in [0.15, 0.2) is 0 Å². The second-order valence-electron chi connectivity index (χ2n) is 4.90. The molecule has 0 amide bonds. The van der Waals surface area contributed by atoms with Gasteiger partial charge in [-0.15, -0.1) is 0 Å². The van der Waals surface area contributed by atoms with Crippen molar-refractivity contribution in [3.63, 3.8) is 0 Å². The van der Waals surface area contributed by atoms with E-state index in [4.69, 9.17) is 5.73 Å². The van der Waals surface area contributed by atoms with Crippen molar-refractivity contribution >= 4 is 5.82 Å². The van der Waals surface area contributed by atoms with Crippen molar-refractivity contribution in [3.8, 4) is 11.3 Å². The number of hydrogen-bond acceptors (Lipinski definition) is 3. The van der Waals surface area contributed by atoms with E-state index in [1.54, 1.807) is 0 Å². The number of nitrogens with zero attached hydrogens (tertiary/aromatic N) is 2. The lowest BCUT2D eigenvalue weighted by Gasteiger charge is -2.13. The fourth-order valence-electron chi connectivity index (χ4n) is 2.36. The van der Waals surface area contributed by atoms with Gasteiger partial charge in [0.1, 0.15) is 11.5 Å². The van der Waals surface area contributed by atoms with E-state index in [2.05, 4.69) is 42.9 Å². The summed E-state index contributed by atoms with van der Waals surface area (Å²) in [7, 11) is 0. The predicted octanol–water partition coefficient (Wildman–Crippen LogP) is 3.27. The van der Waals surface area contributed by atoms with E-state index in [0.29, 0.717) is 5.82 Å². The Morgan fingerprint density at radius 3 is 1.89 bits per heavy atom. The Morgan fingerprint density at radius 2 is 1.33 bits per heavy atom. The zero-order valence-corrected chi connectivity index (χ0v) is 11.6. The lowest BCUT2D eigenvalue weighted by molar-refractivity contribution is 1.06. The molecule has 3 nitrogen and oxygen atoms in total. The first kappa shape index (κ1) is 12.6. The Labute approximate surface area is 108 Å². The Kier molecular flexibility index (Phi) is 3.07. The molecule has 2 aromatic rings. The molecule has 1 aromatic carbocycles. The second kappa shape index (κ2) is 4.41. The molecule has 1 aromatic heterocycles. The topological polar surface area (TPSA) is 51.8 Å². The van der Waals surface area contributed by atoms with Crippen molar-refractivity contribution in [2.75, 3.05) is 5.73 Å². The fourth-order valence-corrected chi connectivity index (χ4v) is 2.36. The standard InChI is InChI=1S/C15H19N3/c1-8-6-9(2)13(10(3)7-8)14-15(16)18-12(5)11(4)17-14/h6-7H,1-5H3,(H2,16,18). The molecule has 3 heteroatoms. The summed E-state index contributed by atoms with van der Waals surface area (Å²) in [6.45, 7) is 10.2. The third-order valence-corrected chi connectivity index (χ3v) is 3.25. The number of nitrogens with two attached hydrogens (primary N) is 1. The van der Waals surface area contributed by atoms with Crippen LogP contribution in [0.2, 0.25) is 0 Å². The van der Waals surface area contributed by atoms with Crippen LogP contribution in [0, 0.1) is 34.6 Å². The van der Waals surface area contributed by atoms with Crippen molar-refractivity contribution in [1.82, 2.24) is 9.97 Å². The lowest BCUT2D eigenvalue weighted by Crippen LogP contribution is -2.04. The molecular formula is C15H19N3. The zero-order valence-electron chi connectivity index (χ0n) is 11.6. The van der Waals surface area contributed by atoms with E-state index in [0.717, 1.165) is 22.6 Å². The molecule has 0 fully saturated rings. The molecule has 18 heavy (non-hydrogen) atoms. The first-order valence-electron chi connectivity index (χ1n) is 6.09. The van der Waals surface area contributed by atoms with Gasteiger partial charge in [0.25, 0.3) is 0 Å². The van der Waals surface area contributed by atoms with Gasteiger partial charge in [-0.1, -0.05) is 17.7 Å². The first-order chi connectivity index (χ1) is 8.40. The van der Waals surface area contributed by atoms with E-state index in [1.165, 1.54) is 16.7 Å². The summed E-state index contributed by atoms with van der Waals surface area (Å²) < 4.78 is 0. The fraction of sp³-hybridized carbons (Fsp3) is 0.333. The van der Waals surface area contributed by atoms with Crippen molar-refractivity contribution in [1.29, 1.82) is 0 Å². The molecule has 0 radical (unpaired) electrons. The molecule has 1 heterocycles. The summed E-state index contributed by atoms with van der Waals surface area (Å²) in [5.74, 6) is 0.508. The summed E-state index contributed by atoms with van der Waals surface area (Å²) in [5, 5.41) is 0. The van der Waals surface area contributed by atoms with Crippen LogP contribution in [0.4, 0.5) is 5.82 Å². The van der Waals surface area contributed by atoms with E-state index >= 15 is 0 Å². The molecule has 94 valence electrons. The van der Waals surface area contributed by atoms with Gasteiger partial charge in [0.2, 0.25) is 0 Å². The normalized spacial score (nSPS) is 10.7. The molecule has 0 aliphatic rings. The van der Waals surface area contributed by atoms with Crippen molar-refractivity contribution in [3.05, 3.63) is 40.2 Å².